The highest BCUT2D eigenvalue weighted by Gasteiger charge is 2.27. The van der Waals surface area contributed by atoms with Gasteiger partial charge in [-0.3, -0.25) is 4.79 Å². The van der Waals surface area contributed by atoms with Gasteiger partial charge in [0.1, 0.15) is 5.69 Å². The number of carbonyl (C=O) groups is 1. The fourth-order valence-corrected chi connectivity index (χ4v) is 3.60. The zero-order valence-corrected chi connectivity index (χ0v) is 16.5. The first-order valence-corrected chi connectivity index (χ1v) is 8.41. The fourth-order valence-electron chi connectivity index (χ4n) is 2.72. The van der Waals surface area contributed by atoms with Crippen LogP contribution in [-0.2, 0) is 11.8 Å². The fraction of sp³-hybridized carbons (Fsp3) is 0.412. The molecule has 0 fully saturated rings. The van der Waals surface area contributed by atoms with Gasteiger partial charge in [-0.2, -0.15) is 0 Å². The second kappa shape index (κ2) is 7.72. The number of anilines is 2. The van der Waals surface area contributed by atoms with Crippen LogP contribution in [0.1, 0.15) is 48.3 Å². The van der Waals surface area contributed by atoms with Gasteiger partial charge in [0.25, 0.3) is 5.91 Å². The summed E-state index contributed by atoms with van der Waals surface area (Å²) in [6.45, 7) is 7.04. The maximum atomic E-state index is 12.8. The number of thiazole rings is 1. The van der Waals surface area contributed by atoms with Crippen LogP contribution >= 0.6 is 36.2 Å². The molecule has 4 nitrogen and oxygen atoms in total. The number of nitrogens with two attached hydrogens (primary N) is 1. The predicted octanol–water partition coefficient (Wildman–Crippen LogP) is 4.46. The molecule has 24 heavy (non-hydrogen) atoms. The van der Waals surface area contributed by atoms with Crippen molar-refractivity contribution >= 4 is 53.4 Å². The highest BCUT2D eigenvalue weighted by molar-refractivity contribution is 7.10. The largest absolute Gasteiger partial charge is 0.398 e. The molecule has 1 amide bonds. The SMILES string of the molecule is CC(C)(C)c1nc(C(=O)N2CCCc3c(N)cccc32)cs1.Cl.Cl. The van der Waals surface area contributed by atoms with Crippen molar-refractivity contribution in [3.8, 4) is 0 Å². The van der Waals surface area contributed by atoms with Crippen LogP contribution in [0, 0.1) is 0 Å². The standard InChI is InChI=1S/C17H21N3OS.2ClH/c1-17(2,3)16-19-13(10-22-16)15(21)20-9-5-6-11-12(18)7-4-8-14(11)20;;/h4,7-8,10H,5-6,9,18H2,1-3H3;2*1H. The molecule has 1 aliphatic heterocycles. The van der Waals surface area contributed by atoms with E-state index in [9.17, 15) is 4.79 Å². The molecule has 0 radical (unpaired) electrons. The number of aromatic nitrogens is 1. The van der Waals surface area contributed by atoms with Gasteiger partial charge in [-0.25, -0.2) is 4.98 Å². The van der Waals surface area contributed by atoms with Crippen molar-refractivity contribution in [1.82, 2.24) is 4.98 Å². The number of rotatable bonds is 1. The molecule has 0 spiro atoms. The van der Waals surface area contributed by atoms with Gasteiger partial charge in [0.2, 0.25) is 0 Å². The van der Waals surface area contributed by atoms with E-state index in [-0.39, 0.29) is 36.1 Å². The summed E-state index contributed by atoms with van der Waals surface area (Å²) in [5.41, 5.74) is 9.33. The molecular formula is C17H23Cl2N3OS. The summed E-state index contributed by atoms with van der Waals surface area (Å²) in [4.78, 5) is 19.2. The van der Waals surface area contributed by atoms with Crippen LogP contribution in [0.2, 0.25) is 0 Å². The van der Waals surface area contributed by atoms with E-state index in [4.69, 9.17) is 5.73 Å². The zero-order chi connectivity index (χ0) is 15.9. The summed E-state index contributed by atoms with van der Waals surface area (Å²) in [5.74, 6) is -0.0294. The molecule has 132 valence electrons. The molecule has 1 aliphatic rings. The zero-order valence-electron chi connectivity index (χ0n) is 14.0. The average molecular weight is 388 g/mol. The number of hydrogen-bond donors (Lipinski definition) is 1. The lowest BCUT2D eigenvalue weighted by molar-refractivity contribution is 0.0981. The number of carbonyl (C=O) groups excluding carboxylic acids is 1. The van der Waals surface area contributed by atoms with Gasteiger partial charge < -0.3 is 10.6 Å². The quantitative estimate of drug-likeness (QED) is 0.734. The van der Waals surface area contributed by atoms with E-state index in [2.05, 4.69) is 25.8 Å². The Morgan fingerprint density at radius 1 is 1.29 bits per heavy atom. The molecule has 7 heteroatoms. The number of benzene rings is 1. The van der Waals surface area contributed by atoms with Crippen LogP contribution < -0.4 is 10.6 Å². The normalized spacial score (nSPS) is 13.5. The molecule has 0 unspecified atom stereocenters. The second-order valence-corrected chi connectivity index (χ2v) is 7.55. The van der Waals surface area contributed by atoms with Gasteiger partial charge in [-0.15, -0.1) is 36.2 Å². The summed E-state index contributed by atoms with van der Waals surface area (Å²) in [6.07, 6.45) is 1.86. The van der Waals surface area contributed by atoms with Crippen molar-refractivity contribution in [2.45, 2.75) is 39.0 Å². The van der Waals surface area contributed by atoms with Gasteiger partial charge in [-0.1, -0.05) is 26.8 Å². The lowest BCUT2D eigenvalue weighted by Crippen LogP contribution is -2.36. The predicted molar refractivity (Wildman–Crippen MR) is 106 cm³/mol. The number of hydrogen-bond acceptors (Lipinski definition) is 4. The molecule has 2 heterocycles. The maximum absolute atomic E-state index is 12.8. The van der Waals surface area contributed by atoms with Crippen molar-refractivity contribution in [2.24, 2.45) is 0 Å². The molecule has 3 rings (SSSR count). The first-order chi connectivity index (χ1) is 10.4. The Bertz CT molecular complexity index is 725. The van der Waals surface area contributed by atoms with E-state index >= 15 is 0 Å². The van der Waals surface area contributed by atoms with Crippen molar-refractivity contribution < 1.29 is 4.79 Å². The molecule has 0 aliphatic carbocycles. The minimum Gasteiger partial charge on any atom is -0.398 e. The summed E-state index contributed by atoms with van der Waals surface area (Å²) in [5, 5.41) is 2.85. The van der Waals surface area contributed by atoms with Crippen molar-refractivity contribution in [2.75, 3.05) is 17.2 Å². The first-order valence-electron chi connectivity index (χ1n) is 7.53. The van der Waals surface area contributed by atoms with Crippen molar-refractivity contribution in [3.63, 3.8) is 0 Å². The van der Waals surface area contributed by atoms with Crippen LogP contribution in [0.5, 0.6) is 0 Å². The molecule has 0 saturated carbocycles. The smallest absolute Gasteiger partial charge is 0.277 e. The third kappa shape index (κ3) is 3.85. The molecule has 1 aromatic heterocycles. The summed E-state index contributed by atoms with van der Waals surface area (Å²) in [7, 11) is 0. The Morgan fingerprint density at radius 3 is 2.62 bits per heavy atom. The first kappa shape index (κ1) is 20.7. The number of amides is 1. The molecule has 1 aromatic carbocycles. The van der Waals surface area contributed by atoms with Gasteiger partial charge >= 0.3 is 0 Å². The maximum Gasteiger partial charge on any atom is 0.277 e. The van der Waals surface area contributed by atoms with E-state index in [1.165, 1.54) is 0 Å². The Balaban J connectivity index is 0.00000144. The molecule has 0 atom stereocenters. The van der Waals surface area contributed by atoms with Gasteiger partial charge in [-0.05, 0) is 30.5 Å². The van der Waals surface area contributed by atoms with Crippen LogP contribution in [0.25, 0.3) is 0 Å². The Labute approximate surface area is 159 Å². The molecule has 0 saturated heterocycles. The number of fused-ring (bicyclic) bond motifs is 1. The minimum atomic E-state index is -0.0343. The third-order valence-corrected chi connectivity index (χ3v) is 5.16. The van der Waals surface area contributed by atoms with Crippen LogP contribution in [0.4, 0.5) is 11.4 Å². The Morgan fingerprint density at radius 2 is 2.00 bits per heavy atom. The lowest BCUT2D eigenvalue weighted by atomic mass is 9.98. The topological polar surface area (TPSA) is 59.2 Å². The highest BCUT2D eigenvalue weighted by Crippen LogP contribution is 2.33. The number of halogens is 2. The highest BCUT2D eigenvalue weighted by atomic mass is 35.5. The summed E-state index contributed by atoms with van der Waals surface area (Å²) >= 11 is 1.55. The molecular weight excluding hydrogens is 365 g/mol. The lowest BCUT2D eigenvalue weighted by Gasteiger charge is -2.29. The van der Waals surface area contributed by atoms with Crippen molar-refractivity contribution in [3.05, 3.63) is 39.8 Å². The molecule has 2 aromatic rings. The van der Waals surface area contributed by atoms with Crippen LogP contribution in [0.15, 0.2) is 23.6 Å². The van der Waals surface area contributed by atoms with E-state index in [0.29, 0.717) is 5.69 Å². The Hall–Kier alpha value is -1.30. The van der Waals surface area contributed by atoms with Crippen LogP contribution in [0.3, 0.4) is 0 Å². The summed E-state index contributed by atoms with van der Waals surface area (Å²) < 4.78 is 0. The van der Waals surface area contributed by atoms with E-state index in [0.717, 1.165) is 41.3 Å². The number of nitrogen functional groups attached to an aromatic ring is 1. The minimum absolute atomic E-state index is 0. The van der Waals surface area contributed by atoms with Gasteiger partial charge in [0.15, 0.2) is 0 Å². The van der Waals surface area contributed by atoms with Gasteiger partial charge in [0.05, 0.1) is 5.01 Å². The second-order valence-electron chi connectivity index (χ2n) is 6.69. The van der Waals surface area contributed by atoms with E-state index in [1.807, 2.05) is 28.5 Å². The van der Waals surface area contributed by atoms with Crippen molar-refractivity contribution in [1.29, 1.82) is 0 Å². The monoisotopic (exact) mass is 387 g/mol. The average Bonchev–Trinajstić information content (AvgIpc) is 2.96. The van der Waals surface area contributed by atoms with E-state index < -0.39 is 0 Å². The number of nitrogens with zero attached hydrogens (tertiary/aromatic N) is 2. The van der Waals surface area contributed by atoms with E-state index in [1.54, 1.807) is 11.3 Å². The Kier molecular flexibility index (Phi) is 6.67. The van der Waals surface area contributed by atoms with Crippen LogP contribution in [-0.4, -0.2) is 17.4 Å². The molecule has 0 bridgehead atoms. The third-order valence-electron chi connectivity index (χ3n) is 3.90. The van der Waals surface area contributed by atoms with Gasteiger partial charge in [0, 0.05) is 28.7 Å². The summed E-state index contributed by atoms with van der Waals surface area (Å²) in [6, 6.07) is 5.77. The molecule has 2 N–H and O–H groups in total.